The van der Waals surface area contributed by atoms with E-state index in [9.17, 15) is 9.59 Å². The topological polar surface area (TPSA) is 74.9 Å². The van der Waals surface area contributed by atoms with Gasteiger partial charge in [0.05, 0.1) is 18.4 Å². The van der Waals surface area contributed by atoms with E-state index in [2.05, 4.69) is 10.5 Å². The highest BCUT2D eigenvalue weighted by Gasteiger charge is 2.34. The Bertz CT molecular complexity index is 680. The van der Waals surface area contributed by atoms with Gasteiger partial charge in [0.15, 0.2) is 0 Å². The zero-order valence-corrected chi connectivity index (χ0v) is 11.8. The molecule has 0 aliphatic carbocycles. The lowest BCUT2D eigenvalue weighted by Gasteiger charge is -2.16. The smallest absolute Gasteiger partial charge is 0.245 e. The monoisotopic (exact) mass is 297 g/mol. The summed E-state index contributed by atoms with van der Waals surface area (Å²) in [6, 6.07) is 12.8. The molecule has 1 fully saturated rings. The van der Waals surface area contributed by atoms with Crippen molar-refractivity contribution in [2.75, 3.05) is 11.4 Å². The number of amides is 2. The molecule has 0 radical (unpaired) electrons. The summed E-state index contributed by atoms with van der Waals surface area (Å²) in [6.45, 7) is 0.366. The number of furan rings is 1. The third kappa shape index (κ3) is 3.06. The summed E-state index contributed by atoms with van der Waals surface area (Å²) in [6.07, 6.45) is 3.14. The van der Waals surface area contributed by atoms with E-state index < -0.39 is 5.92 Å². The van der Waals surface area contributed by atoms with Gasteiger partial charge in [0.1, 0.15) is 5.76 Å². The number of rotatable bonds is 4. The van der Waals surface area contributed by atoms with Crippen molar-refractivity contribution in [1.29, 1.82) is 0 Å². The van der Waals surface area contributed by atoms with E-state index in [-0.39, 0.29) is 18.2 Å². The molecule has 22 heavy (non-hydrogen) atoms. The van der Waals surface area contributed by atoms with E-state index in [1.807, 2.05) is 30.3 Å². The standard InChI is InChI=1S/C16H15N3O3/c20-15-9-12(11-19(15)13-5-2-1-3-6-13)16(21)18-17-10-14-7-4-8-22-14/h1-8,10,12H,9,11H2,(H,18,21)/b17-10+/t12-/m1/s1. The van der Waals surface area contributed by atoms with Crippen molar-refractivity contribution in [3.05, 3.63) is 54.5 Å². The number of carbonyl (C=O) groups excluding carboxylic acids is 2. The third-order valence-electron chi connectivity index (χ3n) is 3.47. The number of hydrazone groups is 1. The minimum absolute atomic E-state index is 0.0543. The van der Waals surface area contributed by atoms with Crippen LogP contribution >= 0.6 is 0 Å². The summed E-state index contributed by atoms with van der Waals surface area (Å²) in [4.78, 5) is 25.7. The zero-order valence-electron chi connectivity index (χ0n) is 11.8. The van der Waals surface area contributed by atoms with E-state index in [4.69, 9.17) is 4.42 Å². The van der Waals surface area contributed by atoms with Gasteiger partial charge in [-0.2, -0.15) is 5.10 Å². The maximum absolute atomic E-state index is 12.1. The predicted octanol–water partition coefficient (Wildman–Crippen LogP) is 1.78. The Morgan fingerprint density at radius 3 is 2.82 bits per heavy atom. The minimum atomic E-state index is -0.401. The number of hydrogen-bond acceptors (Lipinski definition) is 4. The van der Waals surface area contributed by atoms with E-state index in [1.54, 1.807) is 17.0 Å². The normalized spacial score (nSPS) is 18.1. The molecule has 3 rings (SSSR count). The molecule has 0 bridgehead atoms. The molecule has 0 spiro atoms. The third-order valence-corrected chi connectivity index (χ3v) is 3.47. The number of nitrogens with one attached hydrogen (secondary N) is 1. The lowest BCUT2D eigenvalue weighted by atomic mass is 10.1. The van der Waals surface area contributed by atoms with Crippen LogP contribution in [0.3, 0.4) is 0 Å². The predicted molar refractivity (Wildman–Crippen MR) is 81.3 cm³/mol. The van der Waals surface area contributed by atoms with E-state index in [0.717, 1.165) is 5.69 Å². The van der Waals surface area contributed by atoms with Gasteiger partial charge in [-0.3, -0.25) is 9.59 Å². The molecular formula is C16H15N3O3. The van der Waals surface area contributed by atoms with Crippen LogP contribution in [0.1, 0.15) is 12.2 Å². The van der Waals surface area contributed by atoms with Crippen molar-refractivity contribution in [1.82, 2.24) is 5.43 Å². The first-order chi connectivity index (χ1) is 10.7. The maximum atomic E-state index is 12.1. The van der Waals surface area contributed by atoms with Gasteiger partial charge in [0.2, 0.25) is 11.8 Å². The van der Waals surface area contributed by atoms with Crippen LogP contribution in [-0.4, -0.2) is 24.6 Å². The van der Waals surface area contributed by atoms with Crippen LogP contribution in [0.2, 0.25) is 0 Å². The van der Waals surface area contributed by atoms with Crippen LogP contribution in [0.15, 0.2) is 58.2 Å². The summed E-state index contributed by atoms with van der Waals surface area (Å²) < 4.78 is 5.07. The van der Waals surface area contributed by atoms with Crippen LogP contribution in [0.5, 0.6) is 0 Å². The van der Waals surface area contributed by atoms with Crippen LogP contribution < -0.4 is 10.3 Å². The number of benzene rings is 1. The fourth-order valence-electron chi connectivity index (χ4n) is 2.36. The first-order valence-corrected chi connectivity index (χ1v) is 6.96. The summed E-state index contributed by atoms with van der Waals surface area (Å²) in [5.74, 6) is -0.175. The second kappa shape index (κ2) is 6.26. The van der Waals surface area contributed by atoms with Crippen molar-refractivity contribution in [2.45, 2.75) is 6.42 Å². The SMILES string of the molecule is O=C(N/N=C/c1ccco1)[C@@H]1CC(=O)N(c2ccccc2)C1. The van der Waals surface area contributed by atoms with Crippen molar-refractivity contribution < 1.29 is 14.0 Å². The average molecular weight is 297 g/mol. The van der Waals surface area contributed by atoms with E-state index >= 15 is 0 Å². The molecule has 1 aliphatic heterocycles. The summed E-state index contributed by atoms with van der Waals surface area (Å²) in [5, 5.41) is 3.83. The highest BCUT2D eigenvalue weighted by atomic mass is 16.3. The molecule has 1 aromatic carbocycles. The van der Waals surface area contributed by atoms with Gasteiger partial charge < -0.3 is 9.32 Å². The van der Waals surface area contributed by atoms with Crippen LogP contribution in [0.4, 0.5) is 5.69 Å². The van der Waals surface area contributed by atoms with Gasteiger partial charge in [0, 0.05) is 18.7 Å². The average Bonchev–Trinajstić information content (AvgIpc) is 3.17. The Hall–Kier alpha value is -2.89. The van der Waals surface area contributed by atoms with Crippen molar-refractivity contribution in [3.8, 4) is 0 Å². The molecule has 1 N–H and O–H groups in total. The van der Waals surface area contributed by atoms with Crippen LogP contribution in [0.25, 0.3) is 0 Å². The number of hydrogen-bond donors (Lipinski definition) is 1. The van der Waals surface area contributed by atoms with Gasteiger partial charge >= 0.3 is 0 Å². The fourth-order valence-corrected chi connectivity index (χ4v) is 2.36. The Morgan fingerprint density at radius 1 is 1.27 bits per heavy atom. The van der Waals surface area contributed by atoms with E-state index in [1.165, 1.54) is 12.5 Å². The largest absolute Gasteiger partial charge is 0.463 e. The van der Waals surface area contributed by atoms with Crippen molar-refractivity contribution in [2.24, 2.45) is 11.0 Å². The van der Waals surface area contributed by atoms with Gasteiger partial charge in [-0.1, -0.05) is 18.2 Å². The van der Waals surface area contributed by atoms with Crippen molar-refractivity contribution in [3.63, 3.8) is 0 Å². The van der Waals surface area contributed by atoms with Crippen molar-refractivity contribution >= 4 is 23.7 Å². The lowest BCUT2D eigenvalue weighted by Crippen LogP contribution is -2.30. The molecule has 0 unspecified atom stereocenters. The molecule has 2 heterocycles. The van der Waals surface area contributed by atoms with Crippen LogP contribution in [0, 0.1) is 5.92 Å². The summed E-state index contributed by atoms with van der Waals surface area (Å²) >= 11 is 0. The highest BCUT2D eigenvalue weighted by Crippen LogP contribution is 2.24. The van der Waals surface area contributed by atoms with Crippen LogP contribution in [-0.2, 0) is 9.59 Å². The molecule has 2 amide bonds. The first kappa shape index (κ1) is 14.1. The maximum Gasteiger partial charge on any atom is 0.245 e. The Kier molecular flexibility index (Phi) is 4.00. The molecule has 6 heteroatoms. The quantitative estimate of drug-likeness (QED) is 0.690. The lowest BCUT2D eigenvalue weighted by molar-refractivity contribution is -0.126. The highest BCUT2D eigenvalue weighted by molar-refractivity contribution is 6.00. The zero-order chi connectivity index (χ0) is 15.4. The Balaban J connectivity index is 1.59. The van der Waals surface area contributed by atoms with E-state index in [0.29, 0.717) is 12.3 Å². The first-order valence-electron chi connectivity index (χ1n) is 6.96. The molecular weight excluding hydrogens is 282 g/mol. The number of anilines is 1. The molecule has 112 valence electrons. The molecule has 1 aromatic heterocycles. The number of para-hydroxylation sites is 1. The number of carbonyl (C=O) groups is 2. The molecule has 6 nitrogen and oxygen atoms in total. The Labute approximate surface area is 127 Å². The molecule has 1 atom stereocenters. The second-order valence-corrected chi connectivity index (χ2v) is 4.99. The van der Waals surface area contributed by atoms with Gasteiger partial charge in [0.25, 0.3) is 0 Å². The second-order valence-electron chi connectivity index (χ2n) is 4.99. The van der Waals surface area contributed by atoms with Gasteiger partial charge in [-0.05, 0) is 24.3 Å². The number of nitrogens with zero attached hydrogens (tertiary/aromatic N) is 2. The molecule has 1 aliphatic rings. The minimum Gasteiger partial charge on any atom is -0.463 e. The van der Waals surface area contributed by atoms with Gasteiger partial charge in [-0.15, -0.1) is 0 Å². The fraction of sp³-hybridized carbons (Fsp3) is 0.188. The molecule has 1 saturated heterocycles. The molecule has 2 aromatic rings. The summed E-state index contributed by atoms with van der Waals surface area (Å²) in [7, 11) is 0. The molecule has 0 saturated carbocycles. The Morgan fingerprint density at radius 2 is 2.09 bits per heavy atom. The van der Waals surface area contributed by atoms with Gasteiger partial charge in [-0.25, -0.2) is 5.43 Å². The summed E-state index contributed by atoms with van der Waals surface area (Å²) in [5.41, 5.74) is 3.25.